The minimum atomic E-state index is -0.238. The molecule has 0 saturated carbocycles. The number of nitrogens with zero attached hydrogens (tertiary/aromatic N) is 2. The van der Waals surface area contributed by atoms with E-state index in [1.54, 1.807) is 15.9 Å². The van der Waals surface area contributed by atoms with Crippen molar-refractivity contribution < 1.29 is 9.53 Å². The Labute approximate surface area is 139 Å². The van der Waals surface area contributed by atoms with Crippen LogP contribution in [0, 0.1) is 0 Å². The van der Waals surface area contributed by atoms with Crippen LogP contribution in [0.3, 0.4) is 0 Å². The van der Waals surface area contributed by atoms with Crippen LogP contribution in [-0.4, -0.2) is 22.6 Å². The molecule has 0 fully saturated rings. The van der Waals surface area contributed by atoms with Crippen LogP contribution in [0.1, 0.15) is 48.9 Å². The number of aromatic nitrogens is 2. The molecule has 124 valence electrons. The van der Waals surface area contributed by atoms with Crippen molar-refractivity contribution in [3.8, 4) is 0 Å². The van der Waals surface area contributed by atoms with Crippen molar-refractivity contribution in [1.29, 1.82) is 0 Å². The Morgan fingerprint density at radius 1 is 1.35 bits per heavy atom. The third-order valence-corrected chi connectivity index (χ3v) is 5.65. The second-order valence-corrected chi connectivity index (χ2v) is 6.99. The Balaban J connectivity index is 2.00. The highest BCUT2D eigenvalue weighted by atomic mass is 32.1. The lowest BCUT2D eigenvalue weighted by atomic mass is 9.97. The van der Waals surface area contributed by atoms with Gasteiger partial charge >= 0.3 is 5.97 Å². The molecule has 1 aliphatic rings. The van der Waals surface area contributed by atoms with Gasteiger partial charge in [0.05, 0.1) is 12.5 Å². The normalized spacial score (nSPS) is 14.0. The first-order chi connectivity index (χ1) is 11.2. The van der Waals surface area contributed by atoms with Crippen molar-refractivity contribution in [2.24, 2.45) is 0 Å². The molecule has 1 aliphatic carbocycles. The van der Waals surface area contributed by atoms with Crippen molar-refractivity contribution in [2.45, 2.75) is 58.4 Å². The summed E-state index contributed by atoms with van der Waals surface area (Å²) < 4.78 is 6.42. The maximum Gasteiger partial charge on any atom is 0.305 e. The third kappa shape index (κ3) is 3.04. The van der Waals surface area contributed by atoms with Crippen LogP contribution < -0.4 is 5.56 Å². The van der Waals surface area contributed by atoms with E-state index in [0.29, 0.717) is 25.8 Å². The van der Waals surface area contributed by atoms with E-state index in [0.717, 1.165) is 35.3 Å². The van der Waals surface area contributed by atoms with Crippen molar-refractivity contribution in [2.75, 3.05) is 7.11 Å². The summed E-state index contributed by atoms with van der Waals surface area (Å²) >= 11 is 1.69. The second-order valence-electron chi connectivity index (χ2n) is 5.91. The summed E-state index contributed by atoms with van der Waals surface area (Å²) in [5.41, 5.74) is 1.29. The van der Waals surface area contributed by atoms with Crippen molar-refractivity contribution in [3.05, 3.63) is 26.6 Å². The summed E-state index contributed by atoms with van der Waals surface area (Å²) in [6.45, 7) is 2.53. The molecule has 0 bridgehead atoms. The number of esters is 1. The molecule has 3 rings (SSSR count). The molecule has 2 aromatic rings. The number of fused-ring (bicyclic) bond motifs is 3. The molecule has 0 N–H and O–H groups in total. The second kappa shape index (κ2) is 6.83. The number of carbonyl (C=O) groups is 1. The Morgan fingerprint density at radius 3 is 2.87 bits per heavy atom. The van der Waals surface area contributed by atoms with Gasteiger partial charge in [-0.25, -0.2) is 4.98 Å². The molecule has 0 aliphatic heterocycles. The monoisotopic (exact) mass is 334 g/mol. The minimum absolute atomic E-state index is 0.0658. The maximum absolute atomic E-state index is 13.0. The fourth-order valence-electron chi connectivity index (χ4n) is 3.26. The Kier molecular flexibility index (Phi) is 4.80. The van der Waals surface area contributed by atoms with E-state index in [4.69, 9.17) is 4.98 Å². The van der Waals surface area contributed by atoms with Gasteiger partial charge in [-0.2, -0.15) is 0 Å². The molecule has 6 heteroatoms. The van der Waals surface area contributed by atoms with Crippen LogP contribution in [0.25, 0.3) is 10.2 Å². The quantitative estimate of drug-likeness (QED) is 0.789. The molecule has 2 heterocycles. The zero-order valence-corrected chi connectivity index (χ0v) is 14.5. The van der Waals surface area contributed by atoms with Gasteiger partial charge in [-0.1, -0.05) is 6.92 Å². The number of aryl methyl sites for hydroxylation is 3. The first-order valence-corrected chi connectivity index (χ1v) is 9.08. The number of ether oxygens (including phenoxy) is 1. The van der Waals surface area contributed by atoms with Crippen LogP contribution in [0.4, 0.5) is 0 Å². The molecular formula is C17H22N2O3S. The minimum Gasteiger partial charge on any atom is -0.469 e. The van der Waals surface area contributed by atoms with Crippen molar-refractivity contribution in [1.82, 2.24) is 9.55 Å². The van der Waals surface area contributed by atoms with Gasteiger partial charge in [0.1, 0.15) is 10.7 Å². The molecule has 0 spiro atoms. The average molecular weight is 334 g/mol. The smallest absolute Gasteiger partial charge is 0.305 e. The van der Waals surface area contributed by atoms with E-state index in [1.807, 2.05) is 6.92 Å². The molecular weight excluding hydrogens is 312 g/mol. The van der Waals surface area contributed by atoms with Crippen LogP contribution >= 0.6 is 11.3 Å². The third-order valence-electron chi connectivity index (χ3n) is 4.46. The van der Waals surface area contributed by atoms with Gasteiger partial charge in [0.25, 0.3) is 5.56 Å². The summed E-state index contributed by atoms with van der Waals surface area (Å²) in [6.07, 6.45) is 6.04. The molecule has 0 atom stereocenters. The Hall–Kier alpha value is -1.69. The predicted molar refractivity (Wildman–Crippen MR) is 91.2 cm³/mol. The van der Waals surface area contributed by atoms with Gasteiger partial charge in [0.15, 0.2) is 0 Å². The van der Waals surface area contributed by atoms with E-state index in [-0.39, 0.29) is 11.5 Å². The topological polar surface area (TPSA) is 61.2 Å². The Bertz CT molecular complexity index is 791. The van der Waals surface area contributed by atoms with Gasteiger partial charge in [0, 0.05) is 24.3 Å². The molecule has 2 aromatic heterocycles. The number of carbonyl (C=O) groups excluding carboxylic acids is 1. The summed E-state index contributed by atoms with van der Waals surface area (Å²) in [6, 6.07) is 0. The highest BCUT2D eigenvalue weighted by Crippen LogP contribution is 2.33. The molecule has 0 aromatic carbocycles. The summed E-state index contributed by atoms with van der Waals surface area (Å²) in [7, 11) is 1.39. The van der Waals surface area contributed by atoms with Gasteiger partial charge in [-0.05, 0) is 37.7 Å². The van der Waals surface area contributed by atoms with E-state index in [2.05, 4.69) is 4.74 Å². The van der Waals surface area contributed by atoms with Gasteiger partial charge < -0.3 is 4.74 Å². The van der Waals surface area contributed by atoms with Gasteiger partial charge in [-0.15, -0.1) is 11.3 Å². The molecule has 0 radical (unpaired) electrons. The van der Waals surface area contributed by atoms with Gasteiger partial charge in [-0.3, -0.25) is 14.2 Å². The van der Waals surface area contributed by atoms with Crippen molar-refractivity contribution >= 4 is 27.5 Å². The zero-order valence-electron chi connectivity index (χ0n) is 13.7. The Morgan fingerprint density at radius 2 is 2.13 bits per heavy atom. The van der Waals surface area contributed by atoms with Crippen LogP contribution in [0.2, 0.25) is 0 Å². The molecule has 0 amide bonds. The lowest BCUT2D eigenvalue weighted by Gasteiger charge is -2.12. The fraction of sp³-hybridized carbons (Fsp3) is 0.588. The van der Waals surface area contributed by atoms with Gasteiger partial charge in [0.2, 0.25) is 0 Å². The lowest BCUT2D eigenvalue weighted by molar-refractivity contribution is -0.140. The standard InChI is InChI=1S/C17H22N2O3S/c1-3-13-18-16-15(11-7-4-5-8-12(11)23-16)17(21)19(13)10-6-9-14(20)22-2/h3-10H2,1-2H3. The molecule has 0 saturated heterocycles. The van der Waals surface area contributed by atoms with E-state index < -0.39 is 0 Å². The number of rotatable bonds is 5. The summed E-state index contributed by atoms with van der Waals surface area (Å²) in [4.78, 5) is 31.3. The van der Waals surface area contributed by atoms with Crippen molar-refractivity contribution in [3.63, 3.8) is 0 Å². The SMILES string of the molecule is CCc1nc2sc3c(c2c(=O)n1CCCC(=O)OC)CCCC3. The zero-order chi connectivity index (χ0) is 16.4. The van der Waals surface area contributed by atoms with E-state index in [9.17, 15) is 9.59 Å². The predicted octanol–water partition coefficient (Wildman–Crippen LogP) is 2.85. The highest BCUT2D eigenvalue weighted by molar-refractivity contribution is 7.18. The molecule has 0 unspecified atom stereocenters. The molecule has 23 heavy (non-hydrogen) atoms. The number of methoxy groups -OCH3 is 1. The first-order valence-electron chi connectivity index (χ1n) is 8.26. The lowest BCUT2D eigenvalue weighted by Crippen LogP contribution is -2.26. The fourth-order valence-corrected chi connectivity index (χ4v) is 4.54. The van der Waals surface area contributed by atoms with Crippen LogP contribution in [0.5, 0.6) is 0 Å². The number of hydrogen-bond acceptors (Lipinski definition) is 5. The maximum atomic E-state index is 13.0. The van der Waals surface area contributed by atoms with E-state index >= 15 is 0 Å². The first kappa shape index (κ1) is 16.2. The van der Waals surface area contributed by atoms with Crippen LogP contribution in [0.15, 0.2) is 4.79 Å². The summed E-state index contributed by atoms with van der Waals surface area (Å²) in [5.74, 6) is 0.573. The largest absolute Gasteiger partial charge is 0.469 e. The number of hydrogen-bond donors (Lipinski definition) is 0. The van der Waals surface area contributed by atoms with E-state index in [1.165, 1.54) is 24.0 Å². The summed E-state index contributed by atoms with van der Waals surface area (Å²) in [5, 5.41) is 0.819. The highest BCUT2D eigenvalue weighted by Gasteiger charge is 2.21. The molecule has 5 nitrogen and oxygen atoms in total. The average Bonchev–Trinajstić information content (AvgIpc) is 2.94. The van der Waals surface area contributed by atoms with Crippen LogP contribution in [-0.2, 0) is 35.3 Å². The number of thiophene rings is 1.